The fourth-order valence-electron chi connectivity index (χ4n) is 1.46. The first-order valence-electron chi connectivity index (χ1n) is 5.37. The van der Waals surface area contributed by atoms with E-state index in [2.05, 4.69) is 10.2 Å². The average molecular weight is 301 g/mol. The molecular formula is C11H13ClF4N2O. The number of benzene rings is 1. The zero-order valence-corrected chi connectivity index (χ0v) is 10.6. The molecule has 0 spiro atoms. The van der Waals surface area contributed by atoms with Crippen LogP contribution in [0.5, 0.6) is 0 Å². The van der Waals surface area contributed by atoms with Gasteiger partial charge in [0.05, 0.1) is 6.61 Å². The third kappa shape index (κ3) is 5.73. The Morgan fingerprint density at radius 3 is 2.58 bits per heavy atom. The van der Waals surface area contributed by atoms with E-state index in [9.17, 15) is 17.6 Å². The van der Waals surface area contributed by atoms with Crippen LogP contribution in [-0.2, 0) is 11.2 Å². The van der Waals surface area contributed by atoms with Gasteiger partial charge in [0.1, 0.15) is 12.4 Å². The first-order valence-corrected chi connectivity index (χ1v) is 5.75. The van der Waals surface area contributed by atoms with Crippen molar-refractivity contribution >= 4 is 11.6 Å². The van der Waals surface area contributed by atoms with Crippen LogP contribution in [-0.4, -0.2) is 25.4 Å². The van der Waals surface area contributed by atoms with Crippen molar-refractivity contribution in [1.29, 1.82) is 0 Å². The van der Waals surface area contributed by atoms with E-state index in [1.54, 1.807) is 0 Å². The third-order valence-electron chi connectivity index (χ3n) is 2.33. The SMILES string of the molecule is NNC(COCC(F)(F)F)Cc1c(F)cccc1Cl. The average Bonchev–Trinajstić information content (AvgIpc) is 2.30. The Morgan fingerprint density at radius 2 is 2.05 bits per heavy atom. The highest BCUT2D eigenvalue weighted by Gasteiger charge is 2.28. The molecule has 3 nitrogen and oxygen atoms in total. The Labute approximate surface area is 112 Å². The van der Waals surface area contributed by atoms with E-state index in [-0.39, 0.29) is 23.6 Å². The fraction of sp³-hybridized carbons (Fsp3) is 0.455. The minimum Gasteiger partial charge on any atom is -0.370 e. The highest BCUT2D eigenvalue weighted by Crippen LogP contribution is 2.21. The van der Waals surface area contributed by atoms with Crippen molar-refractivity contribution in [3.63, 3.8) is 0 Å². The van der Waals surface area contributed by atoms with Gasteiger partial charge < -0.3 is 4.74 Å². The molecule has 0 aliphatic heterocycles. The van der Waals surface area contributed by atoms with Crippen LogP contribution in [0.25, 0.3) is 0 Å². The number of halogens is 5. The van der Waals surface area contributed by atoms with Crippen LogP contribution in [0.4, 0.5) is 17.6 Å². The van der Waals surface area contributed by atoms with Crippen molar-refractivity contribution in [2.24, 2.45) is 5.84 Å². The first kappa shape index (κ1) is 16.2. The highest BCUT2D eigenvalue weighted by molar-refractivity contribution is 6.31. The number of hydrogen-bond donors (Lipinski definition) is 2. The van der Waals surface area contributed by atoms with Crippen LogP contribution >= 0.6 is 11.6 Å². The monoisotopic (exact) mass is 300 g/mol. The van der Waals surface area contributed by atoms with Crippen molar-refractivity contribution in [1.82, 2.24) is 5.43 Å². The molecule has 3 N–H and O–H groups in total. The van der Waals surface area contributed by atoms with E-state index in [0.717, 1.165) is 0 Å². The molecule has 0 saturated carbocycles. The minimum atomic E-state index is -4.41. The summed E-state index contributed by atoms with van der Waals surface area (Å²) in [6, 6.07) is 3.47. The molecule has 0 bridgehead atoms. The molecule has 19 heavy (non-hydrogen) atoms. The Bertz CT molecular complexity index is 394. The van der Waals surface area contributed by atoms with Gasteiger partial charge in [0.25, 0.3) is 0 Å². The number of alkyl halides is 3. The molecule has 1 aromatic rings. The predicted octanol–water partition coefficient (Wildman–Crippen LogP) is 2.43. The molecule has 0 aliphatic carbocycles. The summed E-state index contributed by atoms with van der Waals surface area (Å²) in [6.45, 7) is -1.68. The first-order chi connectivity index (χ1) is 8.83. The van der Waals surface area contributed by atoms with Gasteiger partial charge in [-0.3, -0.25) is 11.3 Å². The maximum atomic E-state index is 13.5. The molecule has 0 heterocycles. The van der Waals surface area contributed by atoms with Crippen molar-refractivity contribution < 1.29 is 22.3 Å². The van der Waals surface area contributed by atoms with E-state index < -0.39 is 24.6 Å². The van der Waals surface area contributed by atoms with Gasteiger partial charge in [-0.1, -0.05) is 17.7 Å². The van der Waals surface area contributed by atoms with Gasteiger partial charge >= 0.3 is 6.18 Å². The zero-order valence-electron chi connectivity index (χ0n) is 9.81. The maximum absolute atomic E-state index is 13.5. The lowest BCUT2D eigenvalue weighted by molar-refractivity contribution is -0.175. The van der Waals surface area contributed by atoms with Crippen LogP contribution in [0.2, 0.25) is 5.02 Å². The van der Waals surface area contributed by atoms with Gasteiger partial charge in [-0.05, 0) is 18.6 Å². The Kier molecular flexibility index (Phi) is 5.99. The number of nitrogens with one attached hydrogen (secondary N) is 1. The largest absolute Gasteiger partial charge is 0.411 e. The predicted molar refractivity (Wildman–Crippen MR) is 63.1 cm³/mol. The van der Waals surface area contributed by atoms with Crippen LogP contribution in [0.1, 0.15) is 5.56 Å². The Hall–Kier alpha value is -0.890. The molecule has 1 rings (SSSR count). The van der Waals surface area contributed by atoms with E-state index in [1.165, 1.54) is 18.2 Å². The Balaban J connectivity index is 2.57. The summed E-state index contributed by atoms with van der Waals surface area (Å²) in [5.74, 6) is 4.66. The molecule has 0 amide bonds. The number of hydrazine groups is 1. The van der Waals surface area contributed by atoms with Crippen molar-refractivity contribution in [2.45, 2.75) is 18.6 Å². The fourth-order valence-corrected chi connectivity index (χ4v) is 1.70. The number of ether oxygens (including phenoxy) is 1. The van der Waals surface area contributed by atoms with Crippen molar-refractivity contribution in [3.05, 3.63) is 34.6 Å². The van der Waals surface area contributed by atoms with Crippen LogP contribution in [0.15, 0.2) is 18.2 Å². The third-order valence-corrected chi connectivity index (χ3v) is 2.69. The zero-order chi connectivity index (χ0) is 14.5. The van der Waals surface area contributed by atoms with Gasteiger partial charge in [-0.2, -0.15) is 13.2 Å². The number of nitrogens with two attached hydrogens (primary N) is 1. The molecular weight excluding hydrogens is 288 g/mol. The van der Waals surface area contributed by atoms with Crippen LogP contribution < -0.4 is 11.3 Å². The molecule has 0 aromatic heterocycles. The van der Waals surface area contributed by atoms with E-state index in [4.69, 9.17) is 17.4 Å². The van der Waals surface area contributed by atoms with Crippen LogP contribution in [0.3, 0.4) is 0 Å². The molecule has 0 saturated heterocycles. The topological polar surface area (TPSA) is 47.3 Å². The summed E-state index contributed by atoms with van der Waals surface area (Å²) < 4.78 is 53.7. The summed E-state index contributed by atoms with van der Waals surface area (Å²) in [7, 11) is 0. The number of rotatable bonds is 6. The van der Waals surface area contributed by atoms with Crippen molar-refractivity contribution in [2.75, 3.05) is 13.2 Å². The molecule has 0 radical (unpaired) electrons. The lowest BCUT2D eigenvalue weighted by Crippen LogP contribution is -2.41. The summed E-state index contributed by atoms with van der Waals surface area (Å²) in [4.78, 5) is 0. The molecule has 1 aromatic carbocycles. The van der Waals surface area contributed by atoms with E-state index >= 15 is 0 Å². The van der Waals surface area contributed by atoms with Crippen molar-refractivity contribution in [3.8, 4) is 0 Å². The molecule has 108 valence electrons. The van der Waals surface area contributed by atoms with Crippen LogP contribution in [0, 0.1) is 5.82 Å². The maximum Gasteiger partial charge on any atom is 0.411 e. The summed E-state index contributed by atoms with van der Waals surface area (Å²) >= 11 is 5.81. The molecule has 0 aliphatic rings. The second-order valence-corrected chi connectivity index (χ2v) is 4.31. The van der Waals surface area contributed by atoms with Gasteiger partial charge in [-0.25, -0.2) is 4.39 Å². The molecule has 1 atom stereocenters. The van der Waals surface area contributed by atoms with Gasteiger partial charge in [0.15, 0.2) is 0 Å². The Morgan fingerprint density at radius 1 is 1.37 bits per heavy atom. The highest BCUT2D eigenvalue weighted by atomic mass is 35.5. The lowest BCUT2D eigenvalue weighted by Gasteiger charge is -2.18. The summed E-state index contributed by atoms with van der Waals surface area (Å²) in [6.07, 6.45) is -4.38. The standard InChI is InChI=1S/C11H13ClF4N2O/c12-9-2-1-3-10(13)8(9)4-7(18-17)5-19-6-11(14,15)16/h1-3,7,18H,4-6,17H2. The lowest BCUT2D eigenvalue weighted by atomic mass is 10.1. The molecule has 8 heteroatoms. The number of hydrogen-bond acceptors (Lipinski definition) is 3. The smallest absolute Gasteiger partial charge is 0.370 e. The van der Waals surface area contributed by atoms with E-state index in [0.29, 0.717) is 0 Å². The molecule has 0 fully saturated rings. The minimum absolute atomic E-state index is 0.0276. The second kappa shape index (κ2) is 7.04. The van der Waals surface area contributed by atoms with Gasteiger partial charge in [0.2, 0.25) is 0 Å². The molecule has 1 unspecified atom stereocenters. The quantitative estimate of drug-likeness (QED) is 0.482. The van der Waals surface area contributed by atoms with Gasteiger partial charge in [-0.15, -0.1) is 0 Å². The summed E-state index contributed by atoms with van der Waals surface area (Å²) in [5.41, 5.74) is 2.46. The second-order valence-electron chi connectivity index (χ2n) is 3.90. The normalized spacial score (nSPS) is 13.6. The van der Waals surface area contributed by atoms with Gasteiger partial charge in [0, 0.05) is 16.6 Å². The van der Waals surface area contributed by atoms with E-state index in [1.807, 2.05) is 0 Å². The summed E-state index contributed by atoms with van der Waals surface area (Å²) in [5, 5.41) is 0.191.